The van der Waals surface area contributed by atoms with Gasteiger partial charge in [-0.2, -0.15) is 0 Å². The number of amides is 1. The highest BCUT2D eigenvalue weighted by Crippen LogP contribution is 2.25. The molecule has 0 aliphatic rings. The number of nitrogens with one attached hydrogen (secondary N) is 1. The van der Waals surface area contributed by atoms with Gasteiger partial charge in [-0.25, -0.2) is 0 Å². The van der Waals surface area contributed by atoms with Gasteiger partial charge in [0.05, 0.1) is 13.2 Å². The maximum atomic E-state index is 12.7. The van der Waals surface area contributed by atoms with Crippen molar-refractivity contribution in [1.29, 1.82) is 0 Å². The van der Waals surface area contributed by atoms with Crippen LogP contribution in [-0.4, -0.2) is 27.8 Å². The SMILES string of the molecule is COc1ccc(CSc2nnc(C(Cc3ccccc3)NC(=O)C=Cc3cccs3)n2C)cc1. The number of hydrogen-bond acceptors (Lipinski definition) is 6. The Kier molecular flexibility index (Phi) is 8.17. The van der Waals surface area contributed by atoms with Crippen LogP contribution in [0.2, 0.25) is 0 Å². The molecule has 2 aromatic carbocycles. The molecule has 2 aromatic heterocycles. The second kappa shape index (κ2) is 11.7. The predicted octanol–water partition coefficient (Wildman–Crippen LogP) is 5.29. The highest BCUT2D eigenvalue weighted by molar-refractivity contribution is 7.98. The summed E-state index contributed by atoms with van der Waals surface area (Å²) < 4.78 is 7.19. The normalized spacial score (nSPS) is 12.1. The summed E-state index contributed by atoms with van der Waals surface area (Å²) in [6, 6.07) is 21.7. The van der Waals surface area contributed by atoms with Crippen molar-refractivity contribution in [2.75, 3.05) is 7.11 Å². The molecule has 4 rings (SSSR count). The highest BCUT2D eigenvalue weighted by Gasteiger charge is 2.22. The van der Waals surface area contributed by atoms with Gasteiger partial charge in [-0.1, -0.05) is 60.3 Å². The van der Waals surface area contributed by atoms with Crippen molar-refractivity contribution >= 4 is 35.1 Å². The number of carbonyl (C=O) groups excluding carboxylic acids is 1. The van der Waals surface area contributed by atoms with Gasteiger partial charge in [0.25, 0.3) is 0 Å². The number of thioether (sulfide) groups is 1. The highest BCUT2D eigenvalue weighted by atomic mass is 32.2. The summed E-state index contributed by atoms with van der Waals surface area (Å²) in [6.45, 7) is 0. The van der Waals surface area contributed by atoms with Gasteiger partial charge in [-0.15, -0.1) is 21.5 Å². The molecule has 0 fully saturated rings. The van der Waals surface area contributed by atoms with E-state index in [-0.39, 0.29) is 11.9 Å². The molecule has 0 aliphatic carbocycles. The number of carbonyl (C=O) groups is 1. The molecule has 34 heavy (non-hydrogen) atoms. The van der Waals surface area contributed by atoms with Crippen LogP contribution >= 0.6 is 23.1 Å². The molecular formula is C26H26N4O2S2. The lowest BCUT2D eigenvalue weighted by Crippen LogP contribution is -2.30. The zero-order valence-electron chi connectivity index (χ0n) is 19.0. The number of methoxy groups -OCH3 is 1. The molecular weight excluding hydrogens is 464 g/mol. The lowest BCUT2D eigenvalue weighted by Gasteiger charge is -2.17. The first-order valence-corrected chi connectivity index (χ1v) is 12.7. The van der Waals surface area contributed by atoms with Crippen molar-refractivity contribution in [2.24, 2.45) is 7.05 Å². The van der Waals surface area contributed by atoms with E-state index in [2.05, 4.69) is 27.6 Å². The molecule has 0 radical (unpaired) electrons. The second-order valence-electron chi connectivity index (χ2n) is 7.64. The van der Waals surface area contributed by atoms with Gasteiger partial charge < -0.3 is 14.6 Å². The van der Waals surface area contributed by atoms with E-state index < -0.39 is 0 Å². The van der Waals surface area contributed by atoms with Crippen LogP contribution in [-0.2, 0) is 24.0 Å². The average molecular weight is 491 g/mol. The Labute approximate surface area is 207 Å². The third-order valence-electron chi connectivity index (χ3n) is 5.25. The fourth-order valence-electron chi connectivity index (χ4n) is 3.45. The molecule has 0 aliphatic heterocycles. The maximum absolute atomic E-state index is 12.7. The summed E-state index contributed by atoms with van der Waals surface area (Å²) in [5.74, 6) is 2.15. The molecule has 0 saturated carbocycles. The Balaban J connectivity index is 1.49. The molecule has 1 N–H and O–H groups in total. The number of aromatic nitrogens is 3. The minimum Gasteiger partial charge on any atom is -0.497 e. The topological polar surface area (TPSA) is 69.0 Å². The third-order valence-corrected chi connectivity index (χ3v) is 7.18. The summed E-state index contributed by atoms with van der Waals surface area (Å²) in [5, 5.41) is 14.8. The lowest BCUT2D eigenvalue weighted by atomic mass is 10.1. The van der Waals surface area contributed by atoms with Crippen LogP contribution in [0.1, 0.15) is 27.9 Å². The van der Waals surface area contributed by atoms with Crippen molar-refractivity contribution in [3.05, 3.63) is 100 Å². The molecule has 1 atom stereocenters. The molecule has 6 nitrogen and oxygen atoms in total. The van der Waals surface area contributed by atoms with Crippen molar-refractivity contribution in [3.63, 3.8) is 0 Å². The van der Waals surface area contributed by atoms with E-state index in [1.54, 1.807) is 36.3 Å². The number of thiophene rings is 1. The van der Waals surface area contributed by atoms with Gasteiger partial charge in [0.1, 0.15) is 5.75 Å². The van der Waals surface area contributed by atoms with Crippen LogP contribution in [0.4, 0.5) is 0 Å². The van der Waals surface area contributed by atoms with Crippen molar-refractivity contribution in [3.8, 4) is 5.75 Å². The number of rotatable bonds is 10. The molecule has 2 heterocycles. The zero-order valence-corrected chi connectivity index (χ0v) is 20.7. The Hall–Kier alpha value is -3.36. The van der Waals surface area contributed by atoms with Gasteiger partial charge in [0.2, 0.25) is 5.91 Å². The van der Waals surface area contributed by atoms with Crippen LogP contribution in [0.15, 0.2) is 83.3 Å². The molecule has 4 aromatic rings. The summed E-state index contributed by atoms with van der Waals surface area (Å²) in [5.41, 5.74) is 2.29. The maximum Gasteiger partial charge on any atom is 0.244 e. The molecule has 0 saturated heterocycles. The Bertz CT molecular complexity index is 1220. The summed E-state index contributed by atoms with van der Waals surface area (Å²) >= 11 is 3.20. The van der Waals surface area contributed by atoms with Crippen molar-refractivity contribution < 1.29 is 9.53 Å². The van der Waals surface area contributed by atoms with Gasteiger partial charge in [0, 0.05) is 23.8 Å². The molecule has 174 valence electrons. The molecule has 0 bridgehead atoms. The second-order valence-corrected chi connectivity index (χ2v) is 9.56. The van der Waals surface area contributed by atoms with Gasteiger partial charge in [-0.3, -0.25) is 4.79 Å². The molecule has 1 unspecified atom stereocenters. The first kappa shape index (κ1) is 23.8. The zero-order chi connectivity index (χ0) is 23.8. The van der Waals surface area contributed by atoms with E-state index in [4.69, 9.17) is 4.74 Å². The van der Waals surface area contributed by atoms with Crippen LogP contribution in [0.25, 0.3) is 6.08 Å². The van der Waals surface area contributed by atoms with E-state index in [0.717, 1.165) is 32.9 Å². The summed E-state index contributed by atoms with van der Waals surface area (Å²) in [4.78, 5) is 13.8. The largest absolute Gasteiger partial charge is 0.497 e. The van der Waals surface area contributed by atoms with Crippen molar-refractivity contribution in [2.45, 2.75) is 23.4 Å². The molecule has 0 spiro atoms. The summed E-state index contributed by atoms with van der Waals surface area (Å²) in [6.07, 6.45) is 4.01. The quantitative estimate of drug-likeness (QED) is 0.242. The molecule has 8 heteroatoms. The van der Waals surface area contributed by atoms with E-state index in [1.165, 1.54) is 5.56 Å². The predicted molar refractivity (Wildman–Crippen MR) is 138 cm³/mol. The number of hydrogen-bond donors (Lipinski definition) is 1. The molecule has 1 amide bonds. The monoisotopic (exact) mass is 490 g/mol. The average Bonchev–Trinajstić information content (AvgIpc) is 3.52. The van der Waals surface area contributed by atoms with E-state index in [0.29, 0.717) is 6.42 Å². The minimum atomic E-state index is -0.310. The van der Waals surface area contributed by atoms with Crippen LogP contribution in [0.3, 0.4) is 0 Å². The third kappa shape index (κ3) is 6.36. The van der Waals surface area contributed by atoms with Gasteiger partial charge in [-0.05, 0) is 47.2 Å². The Morgan fingerprint density at radius 2 is 1.88 bits per heavy atom. The smallest absolute Gasteiger partial charge is 0.244 e. The Morgan fingerprint density at radius 3 is 2.59 bits per heavy atom. The van der Waals surface area contributed by atoms with Crippen LogP contribution in [0, 0.1) is 0 Å². The summed E-state index contributed by atoms with van der Waals surface area (Å²) in [7, 11) is 3.60. The first-order valence-electron chi connectivity index (χ1n) is 10.8. The number of nitrogens with zero attached hydrogens (tertiary/aromatic N) is 3. The van der Waals surface area contributed by atoms with E-state index in [9.17, 15) is 4.79 Å². The minimum absolute atomic E-state index is 0.162. The van der Waals surface area contributed by atoms with Gasteiger partial charge in [0.15, 0.2) is 11.0 Å². The first-order chi connectivity index (χ1) is 16.6. The standard InChI is InChI=1S/C26H26N4O2S2/c1-30-25(28-29-26(30)34-18-20-10-12-21(32-2)13-11-20)23(17-19-7-4-3-5-8-19)27-24(31)15-14-22-9-6-16-33-22/h3-16,23H,17-18H2,1-2H3,(H,27,31). The number of benzene rings is 2. The van der Waals surface area contributed by atoms with E-state index in [1.807, 2.05) is 77.7 Å². The number of ether oxygens (including phenoxy) is 1. The van der Waals surface area contributed by atoms with Crippen molar-refractivity contribution in [1.82, 2.24) is 20.1 Å². The lowest BCUT2D eigenvalue weighted by molar-refractivity contribution is -0.117. The van der Waals surface area contributed by atoms with Gasteiger partial charge >= 0.3 is 0 Å². The van der Waals surface area contributed by atoms with Crippen LogP contribution < -0.4 is 10.1 Å². The fourth-order valence-corrected chi connectivity index (χ4v) is 4.94. The van der Waals surface area contributed by atoms with E-state index >= 15 is 0 Å². The Morgan fingerprint density at radius 1 is 1.09 bits per heavy atom. The van der Waals surface area contributed by atoms with Crippen LogP contribution in [0.5, 0.6) is 5.75 Å². The fraction of sp³-hybridized carbons (Fsp3) is 0.192.